The molecular weight excluding hydrogens is 371 g/mol. The highest BCUT2D eigenvalue weighted by Crippen LogP contribution is 2.31. The number of carbonyl (C=O) groups is 2. The lowest BCUT2D eigenvalue weighted by Crippen LogP contribution is -2.37. The number of hydrogen-bond acceptors (Lipinski definition) is 2. The van der Waals surface area contributed by atoms with Crippen LogP contribution in [-0.4, -0.2) is 18.4 Å². The molecule has 0 atom stereocenters. The average Bonchev–Trinajstić information content (AvgIpc) is 2.59. The van der Waals surface area contributed by atoms with Crippen LogP contribution in [0.15, 0.2) is 36.4 Å². The molecule has 4 nitrogen and oxygen atoms in total. The first-order valence-electron chi connectivity index (χ1n) is 8.55. The molecular formula is C20H20Cl2N2O2. The molecule has 2 aromatic carbocycles. The van der Waals surface area contributed by atoms with E-state index in [9.17, 15) is 9.59 Å². The first-order valence-corrected chi connectivity index (χ1v) is 9.30. The number of hydrogen-bond donors (Lipinski definition) is 1. The zero-order valence-electron chi connectivity index (χ0n) is 14.7. The van der Waals surface area contributed by atoms with Gasteiger partial charge in [0.1, 0.15) is 0 Å². The number of aryl methyl sites for hydroxylation is 1. The Bertz CT molecular complexity index is 865. The lowest BCUT2D eigenvalue weighted by molar-refractivity contribution is -0.119. The molecule has 0 radical (unpaired) electrons. The topological polar surface area (TPSA) is 49.4 Å². The molecule has 136 valence electrons. The molecule has 6 heteroatoms. The number of rotatable bonds is 4. The second kappa shape index (κ2) is 7.68. The maximum atomic E-state index is 12.4. The highest BCUT2D eigenvalue weighted by molar-refractivity contribution is 6.42. The van der Waals surface area contributed by atoms with Crippen LogP contribution in [0.3, 0.4) is 0 Å². The van der Waals surface area contributed by atoms with Crippen LogP contribution in [0.5, 0.6) is 0 Å². The Hall–Kier alpha value is -2.04. The van der Waals surface area contributed by atoms with E-state index >= 15 is 0 Å². The summed E-state index contributed by atoms with van der Waals surface area (Å²) in [7, 11) is 0. The Labute approximate surface area is 163 Å². The summed E-state index contributed by atoms with van der Waals surface area (Å²) in [5.74, 6) is 0.284. The van der Waals surface area contributed by atoms with Gasteiger partial charge >= 0.3 is 0 Å². The van der Waals surface area contributed by atoms with Crippen molar-refractivity contribution in [2.75, 3.05) is 16.8 Å². The summed E-state index contributed by atoms with van der Waals surface area (Å²) in [6.45, 7) is 4.88. The van der Waals surface area contributed by atoms with Gasteiger partial charge in [-0.15, -0.1) is 0 Å². The van der Waals surface area contributed by atoms with Crippen LogP contribution in [0.4, 0.5) is 11.4 Å². The van der Waals surface area contributed by atoms with Crippen molar-refractivity contribution in [1.29, 1.82) is 0 Å². The van der Waals surface area contributed by atoms with Crippen molar-refractivity contribution in [3.05, 3.63) is 57.6 Å². The third kappa shape index (κ3) is 4.02. The first kappa shape index (κ1) is 18.7. The second-order valence-corrected chi connectivity index (χ2v) is 7.64. The molecule has 26 heavy (non-hydrogen) atoms. The summed E-state index contributed by atoms with van der Waals surface area (Å²) in [6, 6.07) is 10.4. The molecule has 0 fully saturated rings. The van der Waals surface area contributed by atoms with Crippen molar-refractivity contribution >= 4 is 46.4 Å². The summed E-state index contributed by atoms with van der Waals surface area (Å²) >= 11 is 11.9. The number of nitrogens with zero attached hydrogens (tertiary/aromatic N) is 1. The van der Waals surface area contributed by atoms with E-state index in [1.807, 2.05) is 23.1 Å². The van der Waals surface area contributed by atoms with Crippen LogP contribution in [0, 0.1) is 5.92 Å². The first-order chi connectivity index (χ1) is 12.3. The zero-order valence-corrected chi connectivity index (χ0v) is 16.2. The molecule has 0 saturated heterocycles. The van der Waals surface area contributed by atoms with E-state index in [1.54, 1.807) is 18.2 Å². The predicted molar refractivity (Wildman–Crippen MR) is 106 cm³/mol. The number of nitrogens with one attached hydrogen (secondary N) is 1. The van der Waals surface area contributed by atoms with Crippen molar-refractivity contribution < 1.29 is 9.59 Å². The Balaban J connectivity index is 1.81. The molecule has 1 N–H and O–H groups in total. The number of benzene rings is 2. The van der Waals surface area contributed by atoms with Crippen molar-refractivity contribution in [3.63, 3.8) is 0 Å². The lowest BCUT2D eigenvalue weighted by atomic mass is 9.99. The van der Waals surface area contributed by atoms with Crippen LogP contribution in [0.2, 0.25) is 10.0 Å². The second-order valence-electron chi connectivity index (χ2n) is 6.82. The number of anilines is 2. The van der Waals surface area contributed by atoms with Crippen molar-refractivity contribution in [1.82, 2.24) is 0 Å². The SMILES string of the molecule is CC(C)CN1C(=O)CCc2cc(NC(=O)c3ccc(Cl)c(Cl)c3)ccc21. The Morgan fingerprint density at radius 1 is 1.12 bits per heavy atom. The van der Waals surface area contributed by atoms with E-state index in [0.29, 0.717) is 46.6 Å². The molecule has 2 aromatic rings. The van der Waals surface area contributed by atoms with Crippen molar-refractivity contribution in [2.24, 2.45) is 5.92 Å². The smallest absolute Gasteiger partial charge is 0.255 e. The van der Waals surface area contributed by atoms with Crippen molar-refractivity contribution in [2.45, 2.75) is 26.7 Å². The molecule has 0 saturated carbocycles. The van der Waals surface area contributed by atoms with Gasteiger partial charge in [0.25, 0.3) is 5.91 Å². The quantitative estimate of drug-likeness (QED) is 0.781. The third-order valence-corrected chi connectivity index (χ3v) is 5.01. The molecule has 3 rings (SSSR count). The van der Waals surface area contributed by atoms with Gasteiger partial charge in [0.15, 0.2) is 0 Å². The summed E-state index contributed by atoms with van der Waals surface area (Å²) < 4.78 is 0. The van der Waals surface area contributed by atoms with Gasteiger partial charge < -0.3 is 10.2 Å². The van der Waals surface area contributed by atoms with Crippen molar-refractivity contribution in [3.8, 4) is 0 Å². The van der Waals surface area contributed by atoms with Gasteiger partial charge in [-0.05, 0) is 54.3 Å². The fourth-order valence-corrected chi connectivity index (χ4v) is 3.34. The molecule has 1 heterocycles. The standard InChI is InChI=1S/C20H20Cl2N2O2/c1-12(2)11-24-18-7-5-15(9-13(18)4-8-19(24)25)23-20(26)14-3-6-16(21)17(22)10-14/h3,5-7,9-10,12H,4,8,11H2,1-2H3,(H,23,26). The van der Waals surface area contributed by atoms with E-state index in [1.165, 1.54) is 0 Å². The molecule has 0 unspecified atom stereocenters. The van der Waals surface area contributed by atoms with Gasteiger partial charge in [0.05, 0.1) is 10.0 Å². The maximum Gasteiger partial charge on any atom is 0.255 e. The van der Waals surface area contributed by atoms with Crippen LogP contribution in [0.25, 0.3) is 0 Å². The molecule has 0 spiro atoms. The van der Waals surface area contributed by atoms with Gasteiger partial charge in [0, 0.05) is 29.9 Å². The summed E-state index contributed by atoms with van der Waals surface area (Å²) in [4.78, 5) is 26.5. The number of carbonyl (C=O) groups excluding carboxylic acids is 2. The highest BCUT2D eigenvalue weighted by atomic mass is 35.5. The van der Waals surface area contributed by atoms with Gasteiger partial charge in [-0.2, -0.15) is 0 Å². The van der Waals surface area contributed by atoms with Crippen LogP contribution >= 0.6 is 23.2 Å². The highest BCUT2D eigenvalue weighted by Gasteiger charge is 2.25. The normalized spacial score (nSPS) is 13.7. The monoisotopic (exact) mass is 390 g/mol. The fraction of sp³-hybridized carbons (Fsp3) is 0.300. The fourth-order valence-electron chi connectivity index (χ4n) is 3.04. The van der Waals surface area contributed by atoms with E-state index in [0.717, 1.165) is 11.3 Å². The van der Waals surface area contributed by atoms with Crippen LogP contribution < -0.4 is 10.2 Å². The third-order valence-electron chi connectivity index (χ3n) is 4.27. The number of fused-ring (bicyclic) bond motifs is 1. The molecule has 1 aliphatic rings. The molecule has 1 aliphatic heterocycles. The van der Waals surface area contributed by atoms with Gasteiger partial charge in [-0.3, -0.25) is 9.59 Å². The number of halogens is 2. The maximum absolute atomic E-state index is 12.4. The Morgan fingerprint density at radius 2 is 1.88 bits per heavy atom. The van der Waals surface area contributed by atoms with E-state index in [2.05, 4.69) is 19.2 Å². The largest absolute Gasteiger partial charge is 0.322 e. The molecule has 2 amide bonds. The zero-order chi connectivity index (χ0) is 18.8. The van der Waals surface area contributed by atoms with Crippen LogP contribution in [-0.2, 0) is 11.2 Å². The lowest BCUT2D eigenvalue weighted by Gasteiger charge is -2.31. The van der Waals surface area contributed by atoms with Gasteiger partial charge in [0.2, 0.25) is 5.91 Å². The minimum Gasteiger partial charge on any atom is -0.322 e. The summed E-state index contributed by atoms with van der Waals surface area (Å²) in [5.41, 5.74) is 3.13. The van der Waals surface area contributed by atoms with E-state index in [-0.39, 0.29) is 11.8 Å². The van der Waals surface area contributed by atoms with Crippen LogP contribution in [0.1, 0.15) is 36.2 Å². The molecule has 0 bridgehead atoms. The van der Waals surface area contributed by atoms with E-state index < -0.39 is 0 Å². The molecule has 0 aromatic heterocycles. The Morgan fingerprint density at radius 3 is 2.58 bits per heavy atom. The summed E-state index contributed by atoms with van der Waals surface area (Å²) in [6.07, 6.45) is 1.17. The van der Waals surface area contributed by atoms with E-state index in [4.69, 9.17) is 23.2 Å². The number of amides is 2. The minimum absolute atomic E-state index is 0.152. The molecule has 0 aliphatic carbocycles. The minimum atomic E-state index is -0.255. The summed E-state index contributed by atoms with van der Waals surface area (Å²) in [5, 5.41) is 3.63. The Kier molecular flexibility index (Phi) is 5.54. The average molecular weight is 391 g/mol. The predicted octanol–water partition coefficient (Wildman–Crippen LogP) is 5.18. The van der Waals surface area contributed by atoms with Gasteiger partial charge in [-0.25, -0.2) is 0 Å². The van der Waals surface area contributed by atoms with Gasteiger partial charge in [-0.1, -0.05) is 37.0 Å².